The van der Waals surface area contributed by atoms with Gasteiger partial charge in [-0.2, -0.15) is 0 Å². The molecule has 0 spiro atoms. The SMILES string of the molecule is CCCNC(=O)c1scc(C)c1NC(=O)C(C)NCCC.Cl. The van der Waals surface area contributed by atoms with Crippen LogP contribution >= 0.6 is 23.7 Å². The number of carbonyl (C=O) groups excluding carboxylic acids is 2. The zero-order valence-corrected chi connectivity index (χ0v) is 15.2. The molecule has 0 saturated heterocycles. The van der Waals surface area contributed by atoms with E-state index in [4.69, 9.17) is 0 Å². The average molecular weight is 348 g/mol. The number of halogens is 1. The maximum absolute atomic E-state index is 12.2. The summed E-state index contributed by atoms with van der Waals surface area (Å²) in [5.74, 6) is -0.242. The Bertz CT molecular complexity index is 491. The van der Waals surface area contributed by atoms with E-state index in [1.54, 1.807) is 0 Å². The number of amides is 2. The molecule has 5 nitrogen and oxygen atoms in total. The minimum Gasteiger partial charge on any atom is -0.351 e. The van der Waals surface area contributed by atoms with Crippen LogP contribution in [-0.4, -0.2) is 30.9 Å². The van der Waals surface area contributed by atoms with Crippen molar-refractivity contribution < 1.29 is 9.59 Å². The van der Waals surface area contributed by atoms with Crippen LogP contribution in [0.3, 0.4) is 0 Å². The molecule has 1 aromatic rings. The van der Waals surface area contributed by atoms with Gasteiger partial charge in [-0.25, -0.2) is 0 Å². The molecule has 126 valence electrons. The van der Waals surface area contributed by atoms with Crippen molar-refractivity contribution in [2.24, 2.45) is 0 Å². The molecule has 3 N–H and O–H groups in total. The highest BCUT2D eigenvalue weighted by Gasteiger charge is 2.20. The minimum absolute atomic E-state index is 0. The van der Waals surface area contributed by atoms with Crippen LogP contribution in [0.4, 0.5) is 5.69 Å². The van der Waals surface area contributed by atoms with Crippen molar-refractivity contribution in [2.75, 3.05) is 18.4 Å². The maximum Gasteiger partial charge on any atom is 0.263 e. The van der Waals surface area contributed by atoms with Gasteiger partial charge in [-0.05, 0) is 44.2 Å². The molecule has 1 heterocycles. The molecule has 7 heteroatoms. The Kier molecular flexibility index (Phi) is 10.1. The monoisotopic (exact) mass is 347 g/mol. The lowest BCUT2D eigenvalue weighted by atomic mass is 10.2. The lowest BCUT2D eigenvalue weighted by molar-refractivity contribution is -0.117. The molecule has 0 fully saturated rings. The van der Waals surface area contributed by atoms with Gasteiger partial charge >= 0.3 is 0 Å². The molecule has 22 heavy (non-hydrogen) atoms. The molecule has 0 aliphatic rings. The van der Waals surface area contributed by atoms with Crippen molar-refractivity contribution in [3.05, 3.63) is 15.8 Å². The van der Waals surface area contributed by atoms with Crippen LogP contribution in [0.25, 0.3) is 0 Å². The summed E-state index contributed by atoms with van der Waals surface area (Å²) in [7, 11) is 0. The van der Waals surface area contributed by atoms with Crippen LogP contribution in [-0.2, 0) is 4.79 Å². The van der Waals surface area contributed by atoms with E-state index in [9.17, 15) is 9.59 Å². The Hall–Kier alpha value is -1.11. The predicted octanol–water partition coefficient (Wildman–Crippen LogP) is 2.94. The number of aryl methyl sites for hydroxylation is 1. The van der Waals surface area contributed by atoms with E-state index in [0.717, 1.165) is 24.9 Å². The lowest BCUT2D eigenvalue weighted by Crippen LogP contribution is -2.38. The first-order chi connectivity index (χ1) is 10.0. The van der Waals surface area contributed by atoms with Crippen LogP contribution < -0.4 is 16.0 Å². The summed E-state index contributed by atoms with van der Waals surface area (Å²) < 4.78 is 0. The van der Waals surface area contributed by atoms with Crippen molar-refractivity contribution in [3.63, 3.8) is 0 Å². The average Bonchev–Trinajstić information content (AvgIpc) is 2.83. The van der Waals surface area contributed by atoms with Crippen LogP contribution in [0.5, 0.6) is 0 Å². The number of nitrogens with one attached hydrogen (secondary N) is 3. The molecule has 0 bridgehead atoms. The molecular formula is C15H26ClN3O2S. The molecule has 0 radical (unpaired) electrons. The Balaban J connectivity index is 0.00000441. The fraction of sp³-hybridized carbons (Fsp3) is 0.600. The van der Waals surface area contributed by atoms with Gasteiger partial charge in [-0.3, -0.25) is 9.59 Å². The highest BCUT2D eigenvalue weighted by Crippen LogP contribution is 2.27. The van der Waals surface area contributed by atoms with Crippen molar-refractivity contribution in [1.82, 2.24) is 10.6 Å². The Morgan fingerprint density at radius 3 is 2.45 bits per heavy atom. The Morgan fingerprint density at radius 2 is 1.86 bits per heavy atom. The van der Waals surface area contributed by atoms with Crippen molar-refractivity contribution in [2.45, 2.75) is 46.6 Å². The van der Waals surface area contributed by atoms with Crippen molar-refractivity contribution in [3.8, 4) is 0 Å². The molecule has 0 aromatic carbocycles. The molecule has 0 aliphatic carbocycles. The fourth-order valence-corrected chi connectivity index (χ4v) is 2.69. The van der Waals surface area contributed by atoms with E-state index in [0.29, 0.717) is 17.1 Å². The van der Waals surface area contributed by atoms with Crippen LogP contribution in [0.1, 0.15) is 48.8 Å². The summed E-state index contributed by atoms with van der Waals surface area (Å²) in [5, 5.41) is 10.7. The zero-order valence-electron chi connectivity index (χ0n) is 13.6. The molecule has 0 aliphatic heterocycles. The second-order valence-electron chi connectivity index (χ2n) is 5.04. The van der Waals surface area contributed by atoms with E-state index < -0.39 is 0 Å². The highest BCUT2D eigenvalue weighted by molar-refractivity contribution is 7.13. The van der Waals surface area contributed by atoms with E-state index >= 15 is 0 Å². The Labute approximate surface area is 142 Å². The summed E-state index contributed by atoms with van der Waals surface area (Å²) in [6.07, 6.45) is 1.86. The van der Waals surface area contributed by atoms with Gasteiger partial charge in [0.25, 0.3) is 5.91 Å². The van der Waals surface area contributed by atoms with Gasteiger partial charge in [0.1, 0.15) is 4.88 Å². The van der Waals surface area contributed by atoms with Crippen LogP contribution in [0, 0.1) is 6.92 Å². The van der Waals surface area contributed by atoms with Crippen molar-refractivity contribution >= 4 is 41.2 Å². The topological polar surface area (TPSA) is 70.2 Å². The number of carbonyl (C=O) groups is 2. The first-order valence-electron chi connectivity index (χ1n) is 7.41. The van der Waals surface area contributed by atoms with E-state index in [1.807, 2.05) is 26.2 Å². The second kappa shape index (κ2) is 10.6. The molecular weight excluding hydrogens is 322 g/mol. The first-order valence-corrected chi connectivity index (χ1v) is 8.29. The summed E-state index contributed by atoms with van der Waals surface area (Å²) in [4.78, 5) is 24.8. The molecule has 1 unspecified atom stereocenters. The minimum atomic E-state index is -0.282. The number of anilines is 1. The molecule has 1 rings (SSSR count). The summed E-state index contributed by atoms with van der Waals surface area (Å²) in [5.41, 5.74) is 1.54. The van der Waals surface area contributed by atoms with E-state index in [-0.39, 0.29) is 30.3 Å². The van der Waals surface area contributed by atoms with Gasteiger partial charge in [0.15, 0.2) is 0 Å². The first kappa shape index (κ1) is 20.9. The van der Waals surface area contributed by atoms with Gasteiger partial charge in [-0.1, -0.05) is 13.8 Å². The van der Waals surface area contributed by atoms with E-state index in [1.165, 1.54) is 11.3 Å². The van der Waals surface area contributed by atoms with Gasteiger partial charge in [0, 0.05) is 6.54 Å². The number of hydrogen-bond donors (Lipinski definition) is 3. The maximum atomic E-state index is 12.2. The van der Waals surface area contributed by atoms with Crippen LogP contribution in [0.15, 0.2) is 5.38 Å². The third-order valence-electron chi connectivity index (χ3n) is 3.06. The van der Waals surface area contributed by atoms with Gasteiger partial charge in [0.2, 0.25) is 5.91 Å². The standard InChI is InChI=1S/C15H25N3O2S.ClH/c1-5-7-16-11(4)14(19)18-12-10(3)9-21-13(12)15(20)17-8-6-2;/h9,11,16H,5-8H2,1-4H3,(H,17,20)(H,18,19);1H. The molecule has 1 atom stereocenters. The van der Waals surface area contributed by atoms with Crippen LogP contribution in [0.2, 0.25) is 0 Å². The predicted molar refractivity (Wildman–Crippen MR) is 95.3 cm³/mol. The summed E-state index contributed by atoms with van der Waals surface area (Å²) >= 11 is 1.36. The van der Waals surface area contributed by atoms with E-state index in [2.05, 4.69) is 22.9 Å². The highest BCUT2D eigenvalue weighted by atomic mass is 35.5. The van der Waals surface area contributed by atoms with Gasteiger partial charge in [0.05, 0.1) is 11.7 Å². The normalized spacial score (nSPS) is 11.5. The van der Waals surface area contributed by atoms with Crippen molar-refractivity contribution in [1.29, 1.82) is 0 Å². The molecule has 0 saturated carbocycles. The quantitative estimate of drug-likeness (QED) is 0.677. The third kappa shape index (κ3) is 5.94. The zero-order chi connectivity index (χ0) is 15.8. The molecule has 1 aromatic heterocycles. The smallest absolute Gasteiger partial charge is 0.263 e. The molecule has 2 amide bonds. The summed E-state index contributed by atoms with van der Waals surface area (Å²) in [6, 6.07) is -0.282. The number of thiophene rings is 1. The van der Waals surface area contributed by atoms with Gasteiger partial charge in [-0.15, -0.1) is 23.7 Å². The third-order valence-corrected chi connectivity index (χ3v) is 4.16. The number of rotatable bonds is 8. The summed E-state index contributed by atoms with van der Waals surface area (Å²) in [6.45, 7) is 9.20. The Morgan fingerprint density at radius 1 is 1.23 bits per heavy atom. The largest absolute Gasteiger partial charge is 0.351 e. The second-order valence-corrected chi connectivity index (χ2v) is 5.92. The lowest BCUT2D eigenvalue weighted by Gasteiger charge is -2.14. The number of hydrogen-bond acceptors (Lipinski definition) is 4. The van der Waals surface area contributed by atoms with Gasteiger partial charge < -0.3 is 16.0 Å². The fourth-order valence-electron chi connectivity index (χ4n) is 1.77.